The van der Waals surface area contributed by atoms with E-state index in [1.807, 2.05) is 44.2 Å². The Morgan fingerprint density at radius 2 is 1.86 bits per heavy atom. The van der Waals surface area contributed by atoms with E-state index in [9.17, 15) is 4.79 Å². The van der Waals surface area contributed by atoms with Crippen molar-refractivity contribution in [2.75, 3.05) is 5.32 Å². The van der Waals surface area contributed by atoms with Gasteiger partial charge >= 0.3 is 0 Å². The van der Waals surface area contributed by atoms with Gasteiger partial charge in [-0.05, 0) is 50.2 Å². The number of benzene rings is 2. The first-order valence-corrected chi connectivity index (χ1v) is 8.91. The number of para-hydroxylation sites is 1. The molecule has 2 heterocycles. The molecule has 140 valence electrons. The maximum Gasteiger partial charge on any atom is 0.255 e. The molecule has 0 saturated carbocycles. The predicted molar refractivity (Wildman–Crippen MR) is 106 cm³/mol. The van der Waals surface area contributed by atoms with Gasteiger partial charge < -0.3 is 14.6 Å². The Hall–Kier alpha value is -3.67. The predicted octanol–water partition coefficient (Wildman–Crippen LogP) is 4.67. The zero-order valence-corrected chi connectivity index (χ0v) is 15.6. The highest BCUT2D eigenvalue weighted by Crippen LogP contribution is 2.22. The summed E-state index contributed by atoms with van der Waals surface area (Å²) >= 11 is 0. The molecule has 2 aromatic carbocycles. The summed E-state index contributed by atoms with van der Waals surface area (Å²) in [6.07, 6.45) is 1.71. The van der Waals surface area contributed by atoms with Gasteiger partial charge in [0.2, 0.25) is 0 Å². The normalized spacial score (nSPS) is 10.8. The first-order valence-electron chi connectivity index (χ1n) is 8.91. The van der Waals surface area contributed by atoms with Crippen molar-refractivity contribution in [3.63, 3.8) is 0 Å². The summed E-state index contributed by atoms with van der Waals surface area (Å²) in [5.74, 6) is 1.22. The number of ether oxygens (including phenoxy) is 1. The van der Waals surface area contributed by atoms with Crippen LogP contribution in [0.3, 0.4) is 0 Å². The highest BCUT2D eigenvalue weighted by molar-refractivity contribution is 6.08. The monoisotopic (exact) mass is 373 g/mol. The molecule has 2 aromatic heterocycles. The Kier molecular flexibility index (Phi) is 4.76. The Morgan fingerprint density at radius 1 is 1.07 bits per heavy atom. The fourth-order valence-electron chi connectivity index (χ4n) is 2.97. The van der Waals surface area contributed by atoms with Gasteiger partial charge in [0.25, 0.3) is 5.91 Å². The summed E-state index contributed by atoms with van der Waals surface area (Å²) in [4.78, 5) is 17.0. The van der Waals surface area contributed by atoms with Crippen molar-refractivity contribution >= 4 is 22.5 Å². The van der Waals surface area contributed by atoms with Crippen molar-refractivity contribution in [1.82, 2.24) is 10.1 Å². The van der Waals surface area contributed by atoms with Gasteiger partial charge in [0.05, 0.1) is 22.5 Å². The lowest BCUT2D eigenvalue weighted by Crippen LogP contribution is -2.12. The highest BCUT2D eigenvalue weighted by atomic mass is 16.5. The fraction of sp³-hybridized carbons (Fsp3) is 0.136. The standard InChI is InChI=1S/C22H19N3O3/c1-14-19(15(2)28-25-14)13-27-18-10-8-17(9-11-18)22(26)24-20-7-3-5-16-6-4-12-23-21(16)20/h3-12H,13H2,1-2H3,(H,24,26). The molecule has 6 heteroatoms. The number of amides is 1. The quantitative estimate of drug-likeness (QED) is 0.550. The van der Waals surface area contributed by atoms with Crippen LogP contribution in [-0.2, 0) is 6.61 Å². The molecule has 1 amide bonds. The van der Waals surface area contributed by atoms with E-state index in [4.69, 9.17) is 9.26 Å². The molecular formula is C22H19N3O3. The SMILES string of the molecule is Cc1noc(C)c1COc1ccc(C(=O)Nc2cccc3cccnc23)cc1. The average molecular weight is 373 g/mol. The van der Waals surface area contributed by atoms with E-state index >= 15 is 0 Å². The van der Waals surface area contributed by atoms with Gasteiger partial charge in [-0.1, -0.05) is 23.4 Å². The number of fused-ring (bicyclic) bond motifs is 1. The maximum atomic E-state index is 12.6. The first kappa shape index (κ1) is 17.7. The van der Waals surface area contributed by atoms with Crippen LogP contribution >= 0.6 is 0 Å². The molecule has 6 nitrogen and oxygen atoms in total. The van der Waals surface area contributed by atoms with E-state index in [1.165, 1.54) is 0 Å². The van der Waals surface area contributed by atoms with Crippen molar-refractivity contribution in [1.29, 1.82) is 0 Å². The van der Waals surface area contributed by atoms with E-state index in [-0.39, 0.29) is 5.91 Å². The van der Waals surface area contributed by atoms with Gasteiger partial charge in [0.15, 0.2) is 0 Å². The molecule has 28 heavy (non-hydrogen) atoms. The molecule has 1 N–H and O–H groups in total. The zero-order chi connectivity index (χ0) is 19.5. The zero-order valence-electron chi connectivity index (χ0n) is 15.6. The van der Waals surface area contributed by atoms with Crippen molar-refractivity contribution in [3.8, 4) is 5.75 Å². The minimum absolute atomic E-state index is 0.199. The smallest absolute Gasteiger partial charge is 0.255 e. The fourth-order valence-corrected chi connectivity index (χ4v) is 2.97. The first-order chi connectivity index (χ1) is 13.6. The molecule has 0 bridgehead atoms. The van der Waals surface area contributed by atoms with Crippen LogP contribution in [0.1, 0.15) is 27.4 Å². The molecule has 0 aliphatic carbocycles. The summed E-state index contributed by atoms with van der Waals surface area (Å²) in [5, 5.41) is 7.82. The van der Waals surface area contributed by atoms with Crippen LogP contribution in [-0.4, -0.2) is 16.0 Å². The summed E-state index contributed by atoms with van der Waals surface area (Å²) in [6.45, 7) is 4.10. The Labute approximate surface area is 162 Å². The van der Waals surface area contributed by atoms with Crippen molar-refractivity contribution in [2.24, 2.45) is 0 Å². The molecular weight excluding hydrogens is 354 g/mol. The number of aromatic nitrogens is 2. The summed E-state index contributed by atoms with van der Waals surface area (Å²) < 4.78 is 10.9. The van der Waals surface area contributed by atoms with Gasteiger partial charge in [-0.15, -0.1) is 0 Å². The Bertz CT molecular complexity index is 1110. The van der Waals surface area contributed by atoms with Gasteiger partial charge in [0.1, 0.15) is 18.1 Å². The molecule has 0 fully saturated rings. The minimum atomic E-state index is -0.199. The van der Waals surface area contributed by atoms with Crippen LogP contribution in [0.4, 0.5) is 5.69 Å². The average Bonchev–Trinajstić information content (AvgIpc) is 3.04. The second kappa shape index (κ2) is 7.52. The Balaban J connectivity index is 1.45. The summed E-state index contributed by atoms with van der Waals surface area (Å²) in [5.41, 5.74) is 3.74. The van der Waals surface area contributed by atoms with Crippen molar-refractivity contribution in [3.05, 3.63) is 83.4 Å². The lowest BCUT2D eigenvalue weighted by molar-refractivity contribution is 0.102. The molecule has 0 aliphatic rings. The second-order valence-corrected chi connectivity index (χ2v) is 6.45. The molecule has 0 atom stereocenters. The summed E-state index contributed by atoms with van der Waals surface area (Å²) in [7, 11) is 0. The Morgan fingerprint density at radius 3 is 2.61 bits per heavy atom. The highest BCUT2D eigenvalue weighted by Gasteiger charge is 2.11. The van der Waals surface area contributed by atoms with Crippen LogP contribution in [0.2, 0.25) is 0 Å². The molecule has 0 spiro atoms. The number of pyridine rings is 1. The van der Waals surface area contributed by atoms with E-state index in [1.54, 1.807) is 30.5 Å². The van der Waals surface area contributed by atoms with E-state index in [2.05, 4.69) is 15.5 Å². The number of rotatable bonds is 5. The van der Waals surface area contributed by atoms with Crippen LogP contribution in [0.5, 0.6) is 5.75 Å². The number of hydrogen-bond acceptors (Lipinski definition) is 5. The molecule has 4 aromatic rings. The molecule has 4 rings (SSSR count). The number of hydrogen-bond donors (Lipinski definition) is 1. The van der Waals surface area contributed by atoms with Crippen molar-refractivity contribution < 1.29 is 14.1 Å². The van der Waals surface area contributed by atoms with Crippen molar-refractivity contribution in [2.45, 2.75) is 20.5 Å². The minimum Gasteiger partial charge on any atom is -0.489 e. The van der Waals surface area contributed by atoms with Crippen LogP contribution in [0.15, 0.2) is 65.3 Å². The second-order valence-electron chi connectivity index (χ2n) is 6.45. The number of anilines is 1. The topological polar surface area (TPSA) is 77.2 Å². The number of nitrogens with one attached hydrogen (secondary N) is 1. The lowest BCUT2D eigenvalue weighted by atomic mass is 10.1. The van der Waals surface area contributed by atoms with Crippen LogP contribution in [0, 0.1) is 13.8 Å². The third-order valence-corrected chi connectivity index (χ3v) is 4.56. The number of carbonyl (C=O) groups excluding carboxylic acids is 1. The third-order valence-electron chi connectivity index (χ3n) is 4.56. The number of aryl methyl sites for hydroxylation is 2. The molecule has 0 radical (unpaired) electrons. The largest absolute Gasteiger partial charge is 0.489 e. The van der Waals surface area contributed by atoms with Crippen LogP contribution in [0.25, 0.3) is 10.9 Å². The summed E-state index contributed by atoms with van der Waals surface area (Å²) in [6, 6.07) is 16.5. The van der Waals surface area contributed by atoms with Gasteiger partial charge in [-0.25, -0.2) is 0 Å². The molecule has 0 unspecified atom stereocenters. The van der Waals surface area contributed by atoms with Gasteiger partial charge in [-0.2, -0.15) is 0 Å². The van der Waals surface area contributed by atoms with Gasteiger partial charge in [-0.3, -0.25) is 9.78 Å². The third kappa shape index (κ3) is 3.57. The molecule has 0 saturated heterocycles. The van der Waals surface area contributed by atoms with Gasteiger partial charge in [0, 0.05) is 17.1 Å². The van der Waals surface area contributed by atoms with E-state index < -0.39 is 0 Å². The van der Waals surface area contributed by atoms with Crippen LogP contribution < -0.4 is 10.1 Å². The number of carbonyl (C=O) groups is 1. The number of nitrogens with zero attached hydrogens (tertiary/aromatic N) is 2. The lowest BCUT2D eigenvalue weighted by Gasteiger charge is -2.09. The van der Waals surface area contributed by atoms with E-state index in [0.717, 1.165) is 27.9 Å². The van der Waals surface area contributed by atoms with E-state index in [0.29, 0.717) is 23.6 Å². The molecule has 0 aliphatic heterocycles. The maximum absolute atomic E-state index is 12.6.